The quantitative estimate of drug-likeness (QED) is 0.157. The molecule has 11 aromatic rings. The van der Waals surface area contributed by atoms with Crippen LogP contribution in [0.15, 0.2) is 217 Å². The molecule has 0 unspecified atom stereocenters. The van der Waals surface area contributed by atoms with Gasteiger partial charge in [-0.05, 0) is 142 Å². The summed E-state index contributed by atoms with van der Waals surface area (Å²) in [4.78, 5) is 4.78. The lowest BCUT2D eigenvalue weighted by molar-refractivity contribution is 0.620. The largest absolute Gasteiger partial charge is 0.436 e. The zero-order valence-corrected chi connectivity index (χ0v) is 34.6. The van der Waals surface area contributed by atoms with E-state index in [0.717, 1.165) is 27.8 Å². The summed E-state index contributed by atoms with van der Waals surface area (Å²) >= 11 is 0. The predicted molar refractivity (Wildman–Crippen MR) is 259 cm³/mol. The number of rotatable bonds is 6. The van der Waals surface area contributed by atoms with Crippen LogP contribution in [-0.4, -0.2) is 4.98 Å². The lowest BCUT2D eigenvalue weighted by Crippen LogP contribution is -2.14. The van der Waals surface area contributed by atoms with Gasteiger partial charge in [-0.1, -0.05) is 184 Å². The molecule has 2 heteroatoms. The number of para-hydroxylation sites is 2. The van der Waals surface area contributed by atoms with Crippen LogP contribution in [0.2, 0.25) is 0 Å². The van der Waals surface area contributed by atoms with Gasteiger partial charge in [0.25, 0.3) is 0 Å². The van der Waals surface area contributed by atoms with E-state index in [4.69, 9.17) is 9.40 Å². The van der Waals surface area contributed by atoms with Crippen molar-refractivity contribution in [2.75, 3.05) is 0 Å². The van der Waals surface area contributed by atoms with Gasteiger partial charge in [-0.2, -0.15) is 0 Å². The average Bonchev–Trinajstić information content (AvgIpc) is 3.87. The molecule has 2 nitrogen and oxygen atoms in total. The lowest BCUT2D eigenvalue weighted by atomic mass is 9.78. The average molecular weight is 792 g/mol. The molecule has 0 saturated carbocycles. The van der Waals surface area contributed by atoms with E-state index in [-0.39, 0.29) is 5.41 Å². The normalized spacial score (nSPS) is 12.8. The van der Waals surface area contributed by atoms with Gasteiger partial charge in [0.15, 0.2) is 5.58 Å². The first-order chi connectivity index (χ1) is 30.5. The highest BCUT2D eigenvalue weighted by atomic mass is 16.3. The van der Waals surface area contributed by atoms with Crippen molar-refractivity contribution in [3.8, 4) is 78.2 Å². The Balaban J connectivity index is 1.19. The summed E-state index contributed by atoms with van der Waals surface area (Å²) in [5.74, 6) is 0.627. The summed E-state index contributed by atoms with van der Waals surface area (Å²) in [5.41, 5.74) is 19.8. The Morgan fingerprint density at radius 1 is 0.339 bits per heavy atom. The van der Waals surface area contributed by atoms with Crippen LogP contribution in [-0.2, 0) is 5.41 Å². The highest BCUT2D eigenvalue weighted by molar-refractivity contribution is 6.25. The van der Waals surface area contributed by atoms with Crippen LogP contribution >= 0.6 is 0 Å². The Morgan fingerprint density at radius 2 is 0.839 bits per heavy atom. The molecule has 0 aliphatic heterocycles. The lowest BCUT2D eigenvalue weighted by Gasteiger charge is -2.25. The first kappa shape index (κ1) is 36.1. The molecule has 0 spiro atoms. The van der Waals surface area contributed by atoms with Crippen molar-refractivity contribution in [3.63, 3.8) is 0 Å². The predicted octanol–water partition coefficient (Wildman–Crippen LogP) is 16.4. The third-order valence-electron chi connectivity index (χ3n) is 13.1. The molecule has 0 bridgehead atoms. The van der Waals surface area contributed by atoms with Crippen molar-refractivity contribution >= 4 is 32.6 Å². The molecule has 0 radical (unpaired) electrons. The molecule has 0 amide bonds. The fourth-order valence-electron chi connectivity index (χ4n) is 10.1. The number of oxazole rings is 1. The molecule has 1 aliphatic carbocycles. The van der Waals surface area contributed by atoms with Crippen molar-refractivity contribution in [1.29, 1.82) is 0 Å². The van der Waals surface area contributed by atoms with Gasteiger partial charge in [-0.15, -0.1) is 0 Å². The van der Waals surface area contributed by atoms with Crippen LogP contribution < -0.4 is 0 Å². The van der Waals surface area contributed by atoms with Crippen molar-refractivity contribution in [1.82, 2.24) is 4.98 Å². The van der Waals surface area contributed by atoms with E-state index in [2.05, 4.69) is 202 Å². The fourth-order valence-corrected chi connectivity index (χ4v) is 10.1. The summed E-state index contributed by atoms with van der Waals surface area (Å²) < 4.78 is 6.16. The van der Waals surface area contributed by atoms with Crippen LogP contribution in [0, 0.1) is 0 Å². The Labute approximate surface area is 361 Å². The standard InChI is InChI=1S/C60H41NO/c1-60(2)53-26-14-13-23-45(53)49-36-51-52(37-54(49)60)58(47-25-12-10-22-44(47)40-19-7-4-8-20-40)50-35-42(38-29-31-41(32-30-38)59-61-55-27-15-16-28-56(55)62-59)33-34-48(50)57(51)46-24-11-9-21-43(46)39-17-5-3-6-18-39/h3-37H,1-2H3. The number of aromatic nitrogens is 1. The maximum Gasteiger partial charge on any atom is 0.227 e. The van der Waals surface area contributed by atoms with E-state index >= 15 is 0 Å². The molecular weight excluding hydrogens is 751 g/mol. The van der Waals surface area contributed by atoms with Crippen molar-refractivity contribution in [2.24, 2.45) is 0 Å². The molecule has 0 atom stereocenters. The maximum absolute atomic E-state index is 6.16. The number of hydrogen-bond acceptors (Lipinski definition) is 2. The number of benzene rings is 10. The zero-order valence-electron chi connectivity index (χ0n) is 34.6. The van der Waals surface area contributed by atoms with Gasteiger partial charge in [0.05, 0.1) is 0 Å². The molecule has 62 heavy (non-hydrogen) atoms. The molecule has 0 saturated heterocycles. The van der Waals surface area contributed by atoms with E-state index in [1.165, 1.54) is 88.3 Å². The Morgan fingerprint density at radius 3 is 1.50 bits per heavy atom. The number of nitrogens with zero attached hydrogens (tertiary/aromatic N) is 1. The second-order valence-electron chi connectivity index (χ2n) is 17.0. The molecule has 0 fully saturated rings. The van der Waals surface area contributed by atoms with Crippen molar-refractivity contribution in [2.45, 2.75) is 19.3 Å². The van der Waals surface area contributed by atoms with Gasteiger partial charge >= 0.3 is 0 Å². The number of hydrogen-bond donors (Lipinski definition) is 0. The molecule has 292 valence electrons. The minimum Gasteiger partial charge on any atom is -0.436 e. The molecule has 1 aromatic heterocycles. The van der Waals surface area contributed by atoms with Crippen LogP contribution in [0.1, 0.15) is 25.0 Å². The van der Waals surface area contributed by atoms with Crippen molar-refractivity contribution < 1.29 is 4.42 Å². The summed E-state index contributed by atoms with van der Waals surface area (Å²) in [6.07, 6.45) is 0. The van der Waals surface area contributed by atoms with Crippen LogP contribution in [0.4, 0.5) is 0 Å². The first-order valence-corrected chi connectivity index (χ1v) is 21.5. The Bertz CT molecular complexity index is 3490. The molecule has 1 aliphatic rings. The first-order valence-electron chi connectivity index (χ1n) is 21.5. The van der Waals surface area contributed by atoms with Gasteiger partial charge in [0.2, 0.25) is 5.89 Å². The fraction of sp³-hybridized carbons (Fsp3) is 0.0500. The Hall–Kier alpha value is -7.81. The van der Waals surface area contributed by atoms with Crippen molar-refractivity contribution in [3.05, 3.63) is 223 Å². The van der Waals surface area contributed by atoms with Gasteiger partial charge < -0.3 is 4.42 Å². The summed E-state index contributed by atoms with van der Waals surface area (Å²) in [6.45, 7) is 4.77. The van der Waals surface area contributed by atoms with Gasteiger partial charge in [-0.3, -0.25) is 0 Å². The molecule has 12 rings (SSSR count). The second kappa shape index (κ2) is 14.1. The summed E-state index contributed by atoms with van der Waals surface area (Å²) in [5, 5.41) is 4.94. The van der Waals surface area contributed by atoms with Crippen LogP contribution in [0.3, 0.4) is 0 Å². The number of fused-ring (bicyclic) bond motifs is 6. The zero-order chi connectivity index (χ0) is 41.4. The van der Waals surface area contributed by atoms with Crippen LogP contribution in [0.25, 0.3) is 111 Å². The minimum absolute atomic E-state index is 0.175. The smallest absolute Gasteiger partial charge is 0.227 e. The third kappa shape index (κ3) is 5.68. The van der Waals surface area contributed by atoms with E-state index in [1.807, 2.05) is 24.3 Å². The van der Waals surface area contributed by atoms with E-state index in [9.17, 15) is 0 Å². The van der Waals surface area contributed by atoms with Crippen LogP contribution in [0.5, 0.6) is 0 Å². The van der Waals surface area contributed by atoms with E-state index < -0.39 is 0 Å². The minimum atomic E-state index is -0.175. The molecule has 0 N–H and O–H groups in total. The van der Waals surface area contributed by atoms with E-state index in [0.29, 0.717) is 5.89 Å². The van der Waals surface area contributed by atoms with Gasteiger partial charge in [-0.25, -0.2) is 4.98 Å². The SMILES string of the molecule is CC1(C)c2ccccc2-c2cc3c(-c4ccccc4-c4ccccc4)c4ccc(-c5ccc(-c6nc7ccccc7o6)cc5)cc4c(-c4ccccc4-c4ccccc4)c3cc21. The summed E-state index contributed by atoms with van der Waals surface area (Å²) in [6, 6.07) is 77.3. The third-order valence-corrected chi connectivity index (χ3v) is 13.1. The molecular formula is C60H41NO. The maximum atomic E-state index is 6.16. The molecule has 10 aromatic carbocycles. The monoisotopic (exact) mass is 791 g/mol. The highest BCUT2D eigenvalue weighted by Crippen LogP contribution is 2.55. The highest BCUT2D eigenvalue weighted by Gasteiger charge is 2.36. The molecule has 1 heterocycles. The second-order valence-corrected chi connectivity index (χ2v) is 17.0. The summed E-state index contributed by atoms with van der Waals surface area (Å²) in [7, 11) is 0. The van der Waals surface area contributed by atoms with E-state index in [1.54, 1.807) is 0 Å². The van der Waals surface area contributed by atoms with Gasteiger partial charge in [0, 0.05) is 11.0 Å². The van der Waals surface area contributed by atoms with Gasteiger partial charge in [0.1, 0.15) is 5.52 Å². The Kier molecular flexibility index (Phi) is 8.23. The topological polar surface area (TPSA) is 26.0 Å².